The summed E-state index contributed by atoms with van der Waals surface area (Å²) >= 11 is 0. The molecule has 2 atom stereocenters. The summed E-state index contributed by atoms with van der Waals surface area (Å²) in [5.74, 6) is 1.76. The molecule has 54 heavy (non-hydrogen) atoms. The van der Waals surface area contributed by atoms with E-state index in [4.69, 9.17) is 28.4 Å². The number of rotatable bonds is 42. The van der Waals surface area contributed by atoms with Crippen molar-refractivity contribution < 1.29 is 28.4 Å². The molecule has 0 aromatic heterocycles. The summed E-state index contributed by atoms with van der Waals surface area (Å²) in [6, 6.07) is 0. The fourth-order valence-corrected chi connectivity index (χ4v) is 7.19. The maximum atomic E-state index is 6.22. The Labute approximate surface area is 335 Å². The van der Waals surface area contributed by atoms with Crippen LogP contribution in [-0.4, -0.2) is 85.3 Å². The highest BCUT2D eigenvalue weighted by atomic mass is 16.6. The fourth-order valence-electron chi connectivity index (χ4n) is 7.19. The van der Waals surface area contributed by atoms with Crippen LogP contribution in [0.2, 0.25) is 0 Å². The molecule has 0 radical (unpaired) electrons. The van der Waals surface area contributed by atoms with Gasteiger partial charge in [-0.15, -0.1) is 0 Å². The fraction of sp³-hybridized carbons (Fsp3) is 0.915. The molecular formula is C47H91NO6. The molecule has 0 aromatic rings. The molecule has 0 aromatic carbocycles. The van der Waals surface area contributed by atoms with Gasteiger partial charge in [0.1, 0.15) is 12.7 Å². The first-order chi connectivity index (χ1) is 26.4. The zero-order valence-corrected chi connectivity index (χ0v) is 36.5. The van der Waals surface area contributed by atoms with Crippen molar-refractivity contribution in [2.24, 2.45) is 11.3 Å². The van der Waals surface area contributed by atoms with Gasteiger partial charge in [0, 0.05) is 31.8 Å². The molecule has 1 heterocycles. The number of nitrogens with one attached hydrogen (secondary N) is 1. The molecule has 1 rings (SSSR count). The second kappa shape index (κ2) is 37.6. The minimum Gasteiger partial charge on any atom is -0.496 e. The Hall–Kier alpha value is -0.960. The van der Waals surface area contributed by atoms with Crippen LogP contribution in [0.3, 0.4) is 0 Å². The number of ether oxygens (including phenoxy) is 6. The Morgan fingerprint density at radius 3 is 1.70 bits per heavy atom. The van der Waals surface area contributed by atoms with Gasteiger partial charge in [0.2, 0.25) is 0 Å². The Morgan fingerprint density at radius 2 is 1.07 bits per heavy atom. The van der Waals surface area contributed by atoms with Crippen LogP contribution < -0.4 is 5.32 Å². The molecule has 1 aliphatic heterocycles. The summed E-state index contributed by atoms with van der Waals surface area (Å²) in [4.78, 5) is 0. The third-order valence-corrected chi connectivity index (χ3v) is 11.2. The van der Waals surface area contributed by atoms with E-state index in [9.17, 15) is 0 Å². The smallest absolute Gasteiger partial charge is 0.111 e. The number of hydrogen-bond donors (Lipinski definition) is 1. The maximum Gasteiger partial charge on any atom is 0.111 e. The van der Waals surface area contributed by atoms with Crippen molar-refractivity contribution in [2.45, 2.75) is 188 Å². The molecule has 2 unspecified atom stereocenters. The van der Waals surface area contributed by atoms with E-state index in [-0.39, 0.29) is 11.5 Å². The largest absolute Gasteiger partial charge is 0.496 e. The Bertz CT molecular complexity index is 831. The third kappa shape index (κ3) is 30.2. The molecule has 0 bridgehead atoms. The van der Waals surface area contributed by atoms with E-state index in [1.807, 2.05) is 0 Å². The molecule has 0 spiro atoms. The lowest BCUT2D eigenvalue weighted by Gasteiger charge is -2.35. The number of piperidine rings is 1. The predicted octanol–water partition coefficient (Wildman–Crippen LogP) is 12.2. The van der Waals surface area contributed by atoms with Crippen LogP contribution in [0.1, 0.15) is 182 Å². The van der Waals surface area contributed by atoms with Crippen molar-refractivity contribution in [3.05, 3.63) is 24.5 Å². The number of unbranched alkanes of at least 4 members (excludes halogenated alkanes) is 14. The normalized spacial score (nSPS) is 15.3. The quantitative estimate of drug-likeness (QED) is 0.0377. The van der Waals surface area contributed by atoms with E-state index in [0.717, 1.165) is 96.1 Å². The molecule has 1 saturated heterocycles. The first kappa shape index (κ1) is 51.1. The summed E-state index contributed by atoms with van der Waals surface area (Å²) < 4.78 is 35.8. The standard InChI is InChI=1S/C47H91NO6/c1-7-10-12-13-19-25-35-54-46(41-51-34-22-18-16-14-15-17-21-26-43(4)40-45(9-3)27-11-8-2)42-52-37-36-49-32-23-20-24-33-50-38-39-53-44(5)47(6)28-30-48-31-29-47/h45-46,48H,4-5,7-42H2,1-3,6H3. The SMILES string of the molecule is C=C(CCCCCCCCCOCC(COCCOCCCCCOCCOC(=C)C1(C)CCNCC1)OCCCCCCCC)CC(CC)CCCC. The zero-order valence-electron chi connectivity index (χ0n) is 36.5. The third-order valence-electron chi connectivity index (χ3n) is 11.2. The van der Waals surface area contributed by atoms with Gasteiger partial charge in [0.15, 0.2) is 0 Å². The highest BCUT2D eigenvalue weighted by Gasteiger charge is 2.31. The van der Waals surface area contributed by atoms with Gasteiger partial charge in [-0.25, -0.2) is 0 Å². The van der Waals surface area contributed by atoms with E-state index in [2.05, 4.69) is 46.2 Å². The van der Waals surface area contributed by atoms with Crippen molar-refractivity contribution >= 4 is 0 Å². The van der Waals surface area contributed by atoms with Crippen LogP contribution in [0.4, 0.5) is 0 Å². The van der Waals surface area contributed by atoms with E-state index < -0.39 is 0 Å². The molecule has 0 aliphatic carbocycles. The van der Waals surface area contributed by atoms with E-state index in [1.165, 1.54) is 115 Å². The van der Waals surface area contributed by atoms with Gasteiger partial charge in [0.05, 0.1) is 38.8 Å². The Kier molecular flexibility index (Phi) is 35.6. The first-order valence-electron chi connectivity index (χ1n) is 23.1. The van der Waals surface area contributed by atoms with Gasteiger partial charge >= 0.3 is 0 Å². The molecule has 0 saturated carbocycles. The van der Waals surface area contributed by atoms with Crippen molar-refractivity contribution in [3.63, 3.8) is 0 Å². The molecule has 1 fully saturated rings. The van der Waals surface area contributed by atoms with Crippen LogP contribution in [0.15, 0.2) is 24.5 Å². The van der Waals surface area contributed by atoms with Crippen LogP contribution >= 0.6 is 0 Å². The second-order valence-electron chi connectivity index (χ2n) is 16.4. The van der Waals surface area contributed by atoms with Gasteiger partial charge in [-0.05, 0) is 83.2 Å². The lowest BCUT2D eigenvalue weighted by atomic mass is 9.79. The second-order valence-corrected chi connectivity index (χ2v) is 16.4. The number of hydrogen-bond acceptors (Lipinski definition) is 7. The summed E-state index contributed by atoms with van der Waals surface area (Å²) in [5.41, 5.74) is 1.57. The molecule has 1 N–H and O–H groups in total. The molecule has 7 heteroatoms. The van der Waals surface area contributed by atoms with Gasteiger partial charge in [-0.1, -0.05) is 136 Å². The summed E-state index contributed by atoms with van der Waals surface area (Å²) in [7, 11) is 0. The highest BCUT2D eigenvalue weighted by molar-refractivity contribution is 5.03. The lowest BCUT2D eigenvalue weighted by molar-refractivity contribution is -0.0681. The lowest BCUT2D eigenvalue weighted by Crippen LogP contribution is -2.36. The van der Waals surface area contributed by atoms with E-state index in [1.54, 1.807) is 0 Å². The zero-order chi connectivity index (χ0) is 39.2. The first-order valence-corrected chi connectivity index (χ1v) is 23.1. The van der Waals surface area contributed by atoms with Gasteiger partial charge in [0.25, 0.3) is 0 Å². The molecule has 1 aliphatic rings. The minimum atomic E-state index is -0.00856. The van der Waals surface area contributed by atoms with Crippen molar-refractivity contribution in [1.82, 2.24) is 5.32 Å². The van der Waals surface area contributed by atoms with Crippen LogP contribution in [-0.2, 0) is 28.4 Å². The van der Waals surface area contributed by atoms with Crippen LogP contribution in [0, 0.1) is 11.3 Å². The molecule has 7 nitrogen and oxygen atoms in total. The van der Waals surface area contributed by atoms with Crippen molar-refractivity contribution in [3.8, 4) is 0 Å². The number of allylic oxidation sites excluding steroid dienone is 2. The summed E-state index contributed by atoms with van der Waals surface area (Å²) in [6.45, 7) is 26.5. The highest BCUT2D eigenvalue weighted by Crippen LogP contribution is 2.35. The minimum absolute atomic E-state index is 0.00856. The van der Waals surface area contributed by atoms with Crippen LogP contribution in [0.5, 0.6) is 0 Å². The van der Waals surface area contributed by atoms with Gasteiger partial charge in [-0.3, -0.25) is 0 Å². The van der Waals surface area contributed by atoms with E-state index in [0.29, 0.717) is 39.6 Å². The monoisotopic (exact) mass is 766 g/mol. The molecule has 0 amide bonds. The molecular weight excluding hydrogens is 675 g/mol. The Balaban J connectivity index is 2.05. The average molecular weight is 766 g/mol. The van der Waals surface area contributed by atoms with Crippen molar-refractivity contribution in [2.75, 3.05) is 79.2 Å². The predicted molar refractivity (Wildman–Crippen MR) is 230 cm³/mol. The maximum absolute atomic E-state index is 6.22. The summed E-state index contributed by atoms with van der Waals surface area (Å²) in [5, 5.41) is 3.41. The Morgan fingerprint density at radius 1 is 0.574 bits per heavy atom. The average Bonchev–Trinajstić information content (AvgIpc) is 3.18. The van der Waals surface area contributed by atoms with Crippen LogP contribution in [0.25, 0.3) is 0 Å². The summed E-state index contributed by atoms with van der Waals surface area (Å²) in [6.07, 6.45) is 29.7. The van der Waals surface area contributed by atoms with Crippen molar-refractivity contribution in [1.29, 1.82) is 0 Å². The molecule has 320 valence electrons. The topological polar surface area (TPSA) is 67.4 Å². The van der Waals surface area contributed by atoms with E-state index >= 15 is 0 Å². The van der Waals surface area contributed by atoms with Gasteiger partial charge < -0.3 is 33.7 Å². The van der Waals surface area contributed by atoms with Gasteiger partial charge in [-0.2, -0.15) is 0 Å².